The number of esters is 1. The SMILES string of the molecule is C=CCOC(=O)CCCCCC[NH-].O=C=O.[CH3-].[K+]. The number of ether oxygens (including phenoxy) is 1. The standard InChI is InChI=1S/C10H18NO2.CO2.CH3.K/c1-2-9-13-10(12)7-5-3-4-6-8-11;2-1-3;;/h2,11H,1,3-9H2;;1H3;/q-1;;-1;+1. The molecule has 5 nitrogen and oxygen atoms in total. The Morgan fingerprint density at radius 1 is 1.22 bits per heavy atom. The maximum atomic E-state index is 10.9. The van der Waals surface area contributed by atoms with E-state index in [4.69, 9.17) is 20.1 Å². The van der Waals surface area contributed by atoms with Crippen LogP contribution in [0, 0.1) is 7.43 Å². The number of rotatable bonds is 8. The number of nitrogens with one attached hydrogen (secondary N) is 1. The van der Waals surface area contributed by atoms with Crippen LogP contribution in [0.4, 0.5) is 0 Å². The molecule has 0 aliphatic carbocycles. The Hall–Kier alpha value is 0.186. The smallest absolute Gasteiger partial charge is 0.677 e. The molecule has 0 aromatic carbocycles. The molecule has 0 aliphatic heterocycles. The van der Waals surface area contributed by atoms with E-state index in [0.29, 0.717) is 19.6 Å². The van der Waals surface area contributed by atoms with Crippen LogP contribution in [-0.2, 0) is 19.1 Å². The minimum absolute atomic E-state index is 0. The Morgan fingerprint density at radius 2 is 1.72 bits per heavy atom. The van der Waals surface area contributed by atoms with Gasteiger partial charge in [-0.2, -0.15) is 16.1 Å². The van der Waals surface area contributed by atoms with Crippen LogP contribution in [0.3, 0.4) is 0 Å². The second-order valence-electron chi connectivity index (χ2n) is 2.97. The predicted octanol–water partition coefficient (Wildman–Crippen LogP) is -0.411. The minimum Gasteiger partial charge on any atom is -0.677 e. The maximum Gasteiger partial charge on any atom is 1.00 e. The molecule has 0 unspecified atom stereocenters. The summed E-state index contributed by atoms with van der Waals surface area (Å²) in [7, 11) is 0. The van der Waals surface area contributed by atoms with Gasteiger partial charge in [-0.1, -0.05) is 31.9 Å². The van der Waals surface area contributed by atoms with Crippen LogP contribution in [0.1, 0.15) is 32.1 Å². The van der Waals surface area contributed by atoms with Crippen LogP contribution in [0.5, 0.6) is 0 Å². The number of unbranched alkanes of at least 4 members (excludes halogenated alkanes) is 3. The zero-order chi connectivity index (χ0) is 12.6. The quantitative estimate of drug-likeness (QED) is 0.199. The molecule has 0 atom stereocenters. The van der Waals surface area contributed by atoms with Crippen LogP contribution in [0.2, 0.25) is 0 Å². The largest absolute Gasteiger partial charge is 1.00 e. The van der Waals surface area contributed by atoms with Gasteiger partial charge in [-0.3, -0.25) is 4.79 Å². The van der Waals surface area contributed by atoms with Crippen molar-refractivity contribution in [1.29, 1.82) is 0 Å². The molecule has 18 heavy (non-hydrogen) atoms. The molecular formula is C12H21KNO4-. The summed E-state index contributed by atoms with van der Waals surface area (Å²) in [5.74, 6) is -0.147. The first-order valence-electron chi connectivity index (χ1n) is 5.13. The van der Waals surface area contributed by atoms with Gasteiger partial charge < -0.3 is 17.9 Å². The third kappa shape index (κ3) is 29.8. The van der Waals surface area contributed by atoms with Crippen molar-refractivity contribution in [3.8, 4) is 0 Å². The van der Waals surface area contributed by atoms with Crippen LogP contribution < -0.4 is 51.4 Å². The van der Waals surface area contributed by atoms with Gasteiger partial charge in [0.15, 0.2) is 0 Å². The first-order valence-corrected chi connectivity index (χ1v) is 5.13. The van der Waals surface area contributed by atoms with E-state index in [0.717, 1.165) is 25.7 Å². The molecule has 0 spiro atoms. The third-order valence-corrected chi connectivity index (χ3v) is 1.67. The van der Waals surface area contributed by atoms with Gasteiger partial charge in [0.25, 0.3) is 0 Å². The molecule has 100 valence electrons. The van der Waals surface area contributed by atoms with Gasteiger partial charge >= 0.3 is 63.5 Å². The van der Waals surface area contributed by atoms with Gasteiger partial charge in [0.2, 0.25) is 0 Å². The number of hydrogen-bond donors (Lipinski definition) is 0. The van der Waals surface area contributed by atoms with Crippen molar-refractivity contribution in [2.75, 3.05) is 13.2 Å². The minimum atomic E-state index is -0.147. The molecule has 0 aliphatic rings. The van der Waals surface area contributed by atoms with E-state index in [2.05, 4.69) is 6.58 Å². The van der Waals surface area contributed by atoms with E-state index >= 15 is 0 Å². The molecule has 0 radical (unpaired) electrons. The zero-order valence-electron chi connectivity index (χ0n) is 11.4. The first kappa shape index (κ1) is 26.7. The monoisotopic (exact) mass is 282 g/mol. The summed E-state index contributed by atoms with van der Waals surface area (Å²) in [4.78, 5) is 27.2. The fourth-order valence-corrected chi connectivity index (χ4v) is 0.972. The molecule has 0 heterocycles. The second kappa shape index (κ2) is 25.9. The molecule has 0 rings (SSSR count). The Kier molecular flexibility index (Phi) is 38.4. The van der Waals surface area contributed by atoms with E-state index < -0.39 is 0 Å². The number of carbonyl (C=O) groups is 1. The second-order valence-corrected chi connectivity index (χ2v) is 2.97. The molecule has 0 bridgehead atoms. The average Bonchev–Trinajstić information content (AvgIpc) is 2.27. The summed E-state index contributed by atoms with van der Waals surface area (Å²) in [5.41, 5.74) is 6.91. The van der Waals surface area contributed by atoms with Gasteiger partial charge in [0.05, 0.1) is 0 Å². The van der Waals surface area contributed by atoms with E-state index in [-0.39, 0.29) is 70.9 Å². The Morgan fingerprint density at radius 3 is 2.17 bits per heavy atom. The summed E-state index contributed by atoms with van der Waals surface area (Å²) in [6, 6.07) is 0. The predicted molar refractivity (Wildman–Crippen MR) is 64.9 cm³/mol. The fourth-order valence-electron chi connectivity index (χ4n) is 0.972. The number of carbonyl (C=O) groups excluding carboxylic acids is 3. The molecule has 1 N–H and O–H groups in total. The van der Waals surface area contributed by atoms with Crippen LogP contribution >= 0.6 is 0 Å². The topological polar surface area (TPSA) is 84.2 Å². The Bertz CT molecular complexity index is 216. The molecule has 0 amide bonds. The Labute approximate surface area is 152 Å². The molecule has 0 saturated heterocycles. The first-order chi connectivity index (χ1) is 7.72. The molecular weight excluding hydrogens is 261 g/mol. The van der Waals surface area contributed by atoms with E-state index in [1.807, 2.05) is 0 Å². The van der Waals surface area contributed by atoms with Gasteiger partial charge in [0, 0.05) is 6.42 Å². The van der Waals surface area contributed by atoms with Crippen molar-refractivity contribution in [3.05, 3.63) is 25.8 Å². The van der Waals surface area contributed by atoms with E-state index in [1.165, 1.54) is 0 Å². The summed E-state index contributed by atoms with van der Waals surface area (Å²) >= 11 is 0. The Balaban J connectivity index is -0.000000177. The van der Waals surface area contributed by atoms with Crippen LogP contribution in [-0.4, -0.2) is 25.3 Å². The van der Waals surface area contributed by atoms with Gasteiger partial charge in [0.1, 0.15) is 6.61 Å². The normalized spacial score (nSPS) is 7.39. The fraction of sp³-hybridized carbons (Fsp3) is 0.583. The van der Waals surface area contributed by atoms with Gasteiger partial charge in [-0.15, -0.1) is 0 Å². The van der Waals surface area contributed by atoms with E-state index in [9.17, 15) is 4.79 Å². The maximum absolute atomic E-state index is 10.9. The average molecular weight is 282 g/mol. The van der Waals surface area contributed by atoms with Crippen LogP contribution in [0.25, 0.3) is 5.73 Å². The van der Waals surface area contributed by atoms with Crippen molar-refractivity contribution < 1.29 is 70.5 Å². The number of hydrogen-bond acceptors (Lipinski definition) is 4. The van der Waals surface area contributed by atoms with E-state index in [1.54, 1.807) is 6.08 Å². The third-order valence-electron chi connectivity index (χ3n) is 1.67. The molecule has 0 fully saturated rings. The summed E-state index contributed by atoms with van der Waals surface area (Å²) in [6.45, 7) is 4.25. The molecule has 0 saturated carbocycles. The van der Waals surface area contributed by atoms with Crippen molar-refractivity contribution >= 4 is 12.1 Å². The molecule has 0 aromatic heterocycles. The summed E-state index contributed by atoms with van der Waals surface area (Å²) < 4.78 is 4.80. The molecule has 6 heteroatoms. The van der Waals surface area contributed by atoms with Gasteiger partial charge in [-0.05, 0) is 6.42 Å². The van der Waals surface area contributed by atoms with Crippen molar-refractivity contribution in [3.63, 3.8) is 0 Å². The molecule has 0 aromatic rings. The summed E-state index contributed by atoms with van der Waals surface area (Å²) in [6.07, 6.45) is 6.17. The van der Waals surface area contributed by atoms with Gasteiger partial charge in [-0.25, -0.2) is 0 Å². The summed E-state index contributed by atoms with van der Waals surface area (Å²) in [5, 5.41) is 0. The van der Waals surface area contributed by atoms with Crippen LogP contribution in [0.15, 0.2) is 12.7 Å². The zero-order valence-corrected chi connectivity index (χ0v) is 14.5. The van der Waals surface area contributed by atoms with Crippen molar-refractivity contribution in [1.82, 2.24) is 0 Å². The van der Waals surface area contributed by atoms with Crippen molar-refractivity contribution in [2.45, 2.75) is 32.1 Å². The van der Waals surface area contributed by atoms with Crippen molar-refractivity contribution in [2.24, 2.45) is 0 Å².